The van der Waals surface area contributed by atoms with Crippen molar-refractivity contribution in [3.8, 4) is 0 Å². The third-order valence-electron chi connectivity index (χ3n) is 5.14. The molecule has 0 aromatic carbocycles. The first kappa shape index (κ1) is 22.5. The molecule has 1 aliphatic rings. The quantitative estimate of drug-likeness (QED) is 0.289. The maximum Gasteiger partial charge on any atom is 0.407 e. The molecule has 7 N–H and O–H groups in total. The summed E-state index contributed by atoms with van der Waals surface area (Å²) < 4.78 is 5.43. The van der Waals surface area contributed by atoms with Crippen LogP contribution in [0.1, 0.15) is 40.0 Å². The van der Waals surface area contributed by atoms with Crippen molar-refractivity contribution < 1.29 is 24.2 Å². The lowest BCUT2D eigenvalue weighted by Crippen LogP contribution is -2.52. The second-order valence-corrected chi connectivity index (χ2v) is 6.80. The number of ether oxygens (including phenoxy) is 1. The molecule has 10 nitrogen and oxygen atoms in total. The first-order valence-corrected chi connectivity index (χ1v) is 9.13. The maximum atomic E-state index is 11.9. The van der Waals surface area contributed by atoms with Gasteiger partial charge in [-0.1, -0.05) is 26.7 Å². The molecule has 1 saturated carbocycles. The molecule has 154 valence electrons. The highest BCUT2D eigenvalue weighted by atomic mass is 16.6. The number of hydrogen-bond donors (Lipinski definition) is 5. The smallest absolute Gasteiger partial charge is 0.407 e. The molecule has 0 spiro atoms. The van der Waals surface area contributed by atoms with E-state index in [1.165, 1.54) is 14.0 Å². The van der Waals surface area contributed by atoms with E-state index in [0.717, 1.165) is 12.8 Å². The number of carboxylic acids is 1. The van der Waals surface area contributed by atoms with E-state index in [9.17, 15) is 19.5 Å². The first-order chi connectivity index (χ1) is 12.7. The van der Waals surface area contributed by atoms with E-state index in [-0.39, 0.29) is 24.2 Å². The maximum absolute atomic E-state index is 11.9. The van der Waals surface area contributed by atoms with Gasteiger partial charge in [-0.05, 0) is 12.3 Å². The van der Waals surface area contributed by atoms with Crippen LogP contribution >= 0.6 is 0 Å². The molecule has 27 heavy (non-hydrogen) atoms. The summed E-state index contributed by atoms with van der Waals surface area (Å²) in [5.74, 6) is -3.05. The summed E-state index contributed by atoms with van der Waals surface area (Å²) in [5.41, 5.74) is 11.1. The van der Waals surface area contributed by atoms with Crippen molar-refractivity contribution in [1.82, 2.24) is 10.6 Å². The number of amides is 2. The van der Waals surface area contributed by atoms with Crippen LogP contribution in [-0.4, -0.2) is 54.3 Å². The van der Waals surface area contributed by atoms with Crippen LogP contribution in [0.3, 0.4) is 0 Å². The minimum Gasteiger partial charge on any atom is -0.481 e. The van der Waals surface area contributed by atoms with Crippen LogP contribution in [0.2, 0.25) is 0 Å². The highest BCUT2D eigenvalue weighted by molar-refractivity contribution is 5.77. The Morgan fingerprint density at radius 3 is 2.26 bits per heavy atom. The second-order valence-electron chi connectivity index (χ2n) is 6.80. The van der Waals surface area contributed by atoms with E-state index in [1.54, 1.807) is 0 Å². The fourth-order valence-corrected chi connectivity index (χ4v) is 3.96. The van der Waals surface area contributed by atoms with Gasteiger partial charge in [-0.15, -0.1) is 0 Å². The highest BCUT2D eigenvalue weighted by Gasteiger charge is 2.53. The van der Waals surface area contributed by atoms with Crippen LogP contribution in [0.15, 0.2) is 4.99 Å². The zero-order valence-corrected chi connectivity index (χ0v) is 16.3. The van der Waals surface area contributed by atoms with E-state index in [2.05, 4.69) is 15.6 Å². The van der Waals surface area contributed by atoms with Gasteiger partial charge in [0.15, 0.2) is 5.96 Å². The minimum atomic E-state index is -1.10. The number of alkyl carbamates (subject to hydrolysis) is 1. The zero-order chi connectivity index (χ0) is 20.7. The number of rotatable bonds is 8. The molecule has 1 aliphatic carbocycles. The lowest BCUT2D eigenvalue weighted by molar-refractivity contribution is -0.145. The SMILES string of the molecule is CCC(CC)[C@@H](NC(C)=O)[C@@H]1[C@H](OC(=O)NC)[C@@H](C(=O)O)C[C@H]1N=C(N)N. The lowest BCUT2D eigenvalue weighted by Gasteiger charge is -2.36. The summed E-state index contributed by atoms with van der Waals surface area (Å²) in [6, 6.07) is -1.03. The number of carbonyl (C=O) groups is 3. The van der Waals surface area contributed by atoms with E-state index in [4.69, 9.17) is 16.2 Å². The average molecular weight is 385 g/mol. The van der Waals surface area contributed by atoms with Gasteiger partial charge < -0.3 is 31.9 Å². The standard InChI is InChI=1S/C17H31N5O5/c1-5-9(6-2)13(21-8(3)23)12-11(22-16(18)19)7-10(15(24)25)14(12)27-17(26)20-4/h9-14H,5-7H2,1-4H3,(H,20,26)(H,21,23)(H,24,25)(H4,18,19,22)/t10-,11+,12+,13+,14+/m0/s1. The average Bonchev–Trinajstić information content (AvgIpc) is 2.91. The third-order valence-corrected chi connectivity index (χ3v) is 5.14. The summed E-state index contributed by atoms with van der Waals surface area (Å²) in [6.45, 7) is 5.36. The number of carbonyl (C=O) groups excluding carboxylic acids is 2. The Morgan fingerprint density at radius 2 is 1.85 bits per heavy atom. The number of nitrogens with zero attached hydrogens (tertiary/aromatic N) is 1. The number of carboxylic acid groups (broad SMARTS) is 1. The van der Waals surface area contributed by atoms with Crippen molar-refractivity contribution in [3.05, 3.63) is 0 Å². The van der Waals surface area contributed by atoms with Crippen molar-refractivity contribution in [2.45, 2.75) is 58.2 Å². The number of aliphatic imine (C=N–C) groups is 1. The molecular weight excluding hydrogens is 354 g/mol. The third kappa shape index (κ3) is 5.73. The van der Waals surface area contributed by atoms with Crippen LogP contribution in [0.25, 0.3) is 0 Å². The van der Waals surface area contributed by atoms with Crippen molar-refractivity contribution in [3.63, 3.8) is 0 Å². The van der Waals surface area contributed by atoms with Crippen LogP contribution in [0.4, 0.5) is 4.79 Å². The molecule has 5 atom stereocenters. The van der Waals surface area contributed by atoms with Gasteiger partial charge in [0, 0.05) is 25.9 Å². The van der Waals surface area contributed by atoms with Crippen molar-refractivity contribution in [2.24, 2.45) is 34.2 Å². The van der Waals surface area contributed by atoms with Gasteiger partial charge in [-0.25, -0.2) is 9.79 Å². The number of aliphatic carboxylic acids is 1. The van der Waals surface area contributed by atoms with Gasteiger partial charge in [-0.2, -0.15) is 0 Å². The molecule has 0 unspecified atom stereocenters. The minimum absolute atomic E-state index is 0.0407. The summed E-state index contributed by atoms with van der Waals surface area (Å²) in [4.78, 5) is 39.7. The molecule has 10 heteroatoms. The van der Waals surface area contributed by atoms with E-state index in [0.29, 0.717) is 0 Å². The number of nitrogens with one attached hydrogen (secondary N) is 2. The van der Waals surface area contributed by atoms with Gasteiger partial charge >= 0.3 is 12.1 Å². The Bertz CT molecular complexity index is 574. The summed E-state index contributed by atoms with van der Waals surface area (Å²) in [6.07, 6.45) is -0.121. The number of hydrogen-bond acceptors (Lipinski definition) is 5. The monoisotopic (exact) mass is 385 g/mol. The Hall–Kier alpha value is -2.52. The molecule has 0 heterocycles. The summed E-state index contributed by atoms with van der Waals surface area (Å²) in [5, 5.41) is 14.9. The van der Waals surface area contributed by atoms with Crippen molar-refractivity contribution in [2.75, 3.05) is 7.05 Å². The molecular formula is C17H31N5O5. The predicted octanol–water partition coefficient (Wildman–Crippen LogP) is 0.0146. The first-order valence-electron chi connectivity index (χ1n) is 9.13. The van der Waals surface area contributed by atoms with E-state index >= 15 is 0 Å². The Balaban J connectivity index is 3.44. The molecule has 0 radical (unpaired) electrons. The molecule has 0 bridgehead atoms. The Kier molecular flexibility index (Phi) is 8.32. The Morgan fingerprint density at radius 1 is 1.26 bits per heavy atom. The lowest BCUT2D eigenvalue weighted by atomic mass is 9.80. The Labute approximate surface area is 159 Å². The van der Waals surface area contributed by atoms with E-state index < -0.39 is 42.1 Å². The largest absolute Gasteiger partial charge is 0.481 e. The molecule has 0 aromatic rings. The molecule has 0 aromatic heterocycles. The molecule has 0 aliphatic heterocycles. The van der Waals surface area contributed by atoms with Gasteiger partial charge in [-0.3, -0.25) is 9.59 Å². The van der Waals surface area contributed by atoms with Crippen LogP contribution in [0, 0.1) is 17.8 Å². The van der Waals surface area contributed by atoms with E-state index in [1.807, 2.05) is 13.8 Å². The van der Waals surface area contributed by atoms with Crippen LogP contribution in [-0.2, 0) is 14.3 Å². The molecule has 2 amide bonds. The van der Waals surface area contributed by atoms with Crippen LogP contribution < -0.4 is 22.1 Å². The van der Waals surface area contributed by atoms with Gasteiger partial charge in [0.1, 0.15) is 6.10 Å². The fraction of sp³-hybridized carbons (Fsp3) is 0.765. The molecule has 1 fully saturated rings. The number of nitrogens with two attached hydrogens (primary N) is 2. The molecule has 0 saturated heterocycles. The topological polar surface area (TPSA) is 169 Å². The normalized spacial score (nSPS) is 25.5. The van der Waals surface area contributed by atoms with Gasteiger partial charge in [0.2, 0.25) is 5.91 Å². The van der Waals surface area contributed by atoms with Crippen LogP contribution in [0.5, 0.6) is 0 Å². The second kappa shape index (κ2) is 9.98. The zero-order valence-electron chi connectivity index (χ0n) is 16.3. The summed E-state index contributed by atoms with van der Waals surface area (Å²) >= 11 is 0. The van der Waals surface area contributed by atoms with Gasteiger partial charge in [0.25, 0.3) is 0 Å². The predicted molar refractivity (Wildman–Crippen MR) is 99.8 cm³/mol. The van der Waals surface area contributed by atoms with Crippen molar-refractivity contribution in [1.29, 1.82) is 0 Å². The highest BCUT2D eigenvalue weighted by Crippen LogP contribution is 2.41. The number of guanidine groups is 1. The fourth-order valence-electron chi connectivity index (χ4n) is 3.96. The van der Waals surface area contributed by atoms with Crippen molar-refractivity contribution >= 4 is 23.9 Å². The molecule has 1 rings (SSSR count). The summed E-state index contributed by atoms with van der Waals surface area (Å²) in [7, 11) is 1.39. The van der Waals surface area contributed by atoms with Gasteiger partial charge in [0.05, 0.1) is 12.0 Å².